The summed E-state index contributed by atoms with van der Waals surface area (Å²) >= 11 is 0. The summed E-state index contributed by atoms with van der Waals surface area (Å²) in [5.74, 6) is 0.489. The molecule has 0 atom stereocenters. The van der Waals surface area contributed by atoms with E-state index in [9.17, 15) is 13.2 Å². The van der Waals surface area contributed by atoms with Crippen LogP contribution in [0.3, 0.4) is 0 Å². The number of carbonyl (C=O) groups excluding carboxylic acids is 1. The van der Waals surface area contributed by atoms with Crippen molar-refractivity contribution in [1.29, 1.82) is 0 Å². The molecule has 0 saturated carbocycles. The number of aldehydes is 1. The maximum Gasteiger partial charge on any atom is 0.203 e. The Morgan fingerprint density at radius 2 is 2.12 bits per heavy atom. The summed E-state index contributed by atoms with van der Waals surface area (Å²) in [5.41, 5.74) is 0.609. The van der Waals surface area contributed by atoms with E-state index in [4.69, 9.17) is 4.74 Å². The first kappa shape index (κ1) is 10.9. The minimum Gasteiger partial charge on any atom is -0.497 e. The van der Waals surface area contributed by atoms with Gasteiger partial charge in [0.25, 0.3) is 0 Å². The first-order valence-electron chi connectivity index (χ1n) is 4.67. The van der Waals surface area contributed by atoms with E-state index in [2.05, 4.69) is 0 Å². The second-order valence-electron chi connectivity index (χ2n) is 3.39. The van der Waals surface area contributed by atoms with Crippen LogP contribution in [-0.4, -0.2) is 21.8 Å². The zero-order chi connectivity index (χ0) is 11.8. The molecule has 0 N–H and O–H groups in total. The van der Waals surface area contributed by atoms with Crippen molar-refractivity contribution in [2.75, 3.05) is 7.11 Å². The van der Waals surface area contributed by atoms with Gasteiger partial charge in [-0.25, -0.2) is 8.42 Å². The number of rotatable bonds is 3. The van der Waals surface area contributed by atoms with E-state index in [-0.39, 0.29) is 16.2 Å². The number of hydrogen-bond acceptors (Lipinski definition) is 4. The quantitative estimate of drug-likeness (QED) is 0.747. The Balaban J connectivity index is 2.57. The lowest BCUT2D eigenvalue weighted by Gasteiger charge is -2.03. The maximum atomic E-state index is 12.0. The van der Waals surface area contributed by atoms with Crippen LogP contribution in [0.2, 0.25) is 0 Å². The molecule has 1 aromatic carbocycles. The van der Waals surface area contributed by atoms with Gasteiger partial charge in [-0.05, 0) is 29.8 Å². The zero-order valence-electron chi connectivity index (χ0n) is 8.64. The highest BCUT2D eigenvalue weighted by Crippen LogP contribution is 2.35. The van der Waals surface area contributed by atoms with E-state index in [1.807, 2.05) is 0 Å². The summed E-state index contributed by atoms with van der Waals surface area (Å²) in [7, 11) is -2.02. The monoisotopic (exact) mass is 238 g/mol. The molecular formula is C11H10O4S. The maximum absolute atomic E-state index is 12.0. The van der Waals surface area contributed by atoms with Crippen LogP contribution >= 0.6 is 0 Å². The van der Waals surface area contributed by atoms with Gasteiger partial charge in [-0.1, -0.05) is 0 Å². The highest BCUT2D eigenvalue weighted by atomic mass is 32.2. The van der Waals surface area contributed by atoms with Gasteiger partial charge < -0.3 is 9.53 Å². The summed E-state index contributed by atoms with van der Waals surface area (Å²) in [6.45, 7) is 0. The molecule has 16 heavy (non-hydrogen) atoms. The smallest absolute Gasteiger partial charge is 0.203 e. The van der Waals surface area contributed by atoms with Crippen LogP contribution in [0.4, 0.5) is 0 Å². The molecule has 1 aliphatic rings. The van der Waals surface area contributed by atoms with Crippen molar-refractivity contribution in [1.82, 2.24) is 0 Å². The fourth-order valence-corrected chi connectivity index (χ4v) is 3.20. The number of sulfone groups is 1. The first-order valence-corrected chi connectivity index (χ1v) is 6.15. The third-order valence-electron chi connectivity index (χ3n) is 2.46. The number of hydrogen-bond donors (Lipinski definition) is 0. The van der Waals surface area contributed by atoms with Crippen LogP contribution in [0.5, 0.6) is 5.75 Å². The Hall–Kier alpha value is -1.62. The molecular weight excluding hydrogens is 228 g/mol. The van der Waals surface area contributed by atoms with Crippen LogP contribution in [0.25, 0.3) is 6.08 Å². The van der Waals surface area contributed by atoms with Crippen molar-refractivity contribution in [3.8, 4) is 5.75 Å². The Morgan fingerprint density at radius 3 is 2.75 bits per heavy atom. The average Bonchev–Trinajstić information content (AvgIpc) is 2.51. The van der Waals surface area contributed by atoms with E-state index in [0.29, 0.717) is 17.6 Å². The van der Waals surface area contributed by atoms with Crippen molar-refractivity contribution >= 4 is 22.2 Å². The van der Waals surface area contributed by atoms with Crippen molar-refractivity contribution in [3.05, 3.63) is 28.7 Å². The topological polar surface area (TPSA) is 60.4 Å². The fourth-order valence-electron chi connectivity index (χ4n) is 1.64. The first-order chi connectivity index (χ1) is 7.59. The summed E-state index contributed by atoms with van der Waals surface area (Å²) < 4.78 is 28.9. The summed E-state index contributed by atoms with van der Waals surface area (Å²) in [6.07, 6.45) is 2.03. The molecule has 2 rings (SSSR count). The lowest BCUT2D eigenvalue weighted by Crippen LogP contribution is -2.01. The number of fused-ring (bicyclic) bond motifs is 1. The van der Waals surface area contributed by atoms with Gasteiger partial charge in [-0.2, -0.15) is 0 Å². The molecule has 0 bridgehead atoms. The molecule has 4 nitrogen and oxygen atoms in total. The standard InChI is InChI=1S/C11H10O4S/c1-15-9-3-2-8-6-10(4-5-12)16(13,14)11(8)7-9/h2-3,5-7H,4H2,1H3. The zero-order valence-corrected chi connectivity index (χ0v) is 9.45. The predicted molar refractivity (Wildman–Crippen MR) is 58.8 cm³/mol. The van der Waals surface area contributed by atoms with Gasteiger partial charge in [0.2, 0.25) is 9.84 Å². The molecule has 0 spiro atoms. The minimum atomic E-state index is -3.49. The minimum absolute atomic E-state index is 0.0840. The largest absolute Gasteiger partial charge is 0.497 e. The molecule has 1 heterocycles. The molecule has 1 aromatic rings. The fraction of sp³-hybridized carbons (Fsp3) is 0.182. The van der Waals surface area contributed by atoms with Gasteiger partial charge in [-0.15, -0.1) is 0 Å². The van der Waals surface area contributed by atoms with Crippen LogP contribution in [0.1, 0.15) is 12.0 Å². The SMILES string of the molecule is COc1ccc2c(c1)S(=O)(=O)C(CC=O)=C2. The Labute approximate surface area is 93.5 Å². The van der Waals surface area contributed by atoms with Crippen LogP contribution in [0, 0.1) is 0 Å². The van der Waals surface area contributed by atoms with Crippen molar-refractivity contribution in [2.24, 2.45) is 0 Å². The van der Waals surface area contributed by atoms with E-state index >= 15 is 0 Å². The van der Waals surface area contributed by atoms with Crippen molar-refractivity contribution in [3.63, 3.8) is 0 Å². The lowest BCUT2D eigenvalue weighted by atomic mass is 10.2. The van der Waals surface area contributed by atoms with Crippen molar-refractivity contribution in [2.45, 2.75) is 11.3 Å². The lowest BCUT2D eigenvalue weighted by molar-refractivity contribution is -0.107. The Bertz CT molecular complexity index is 570. The molecule has 0 aromatic heterocycles. The molecule has 1 aliphatic heterocycles. The van der Waals surface area contributed by atoms with Crippen LogP contribution in [-0.2, 0) is 14.6 Å². The predicted octanol–water partition coefficient (Wildman–Crippen LogP) is 1.41. The molecule has 0 amide bonds. The molecule has 0 aliphatic carbocycles. The molecule has 0 unspecified atom stereocenters. The number of carbonyl (C=O) groups is 1. The number of benzene rings is 1. The van der Waals surface area contributed by atoms with Crippen LogP contribution < -0.4 is 4.74 Å². The second kappa shape index (κ2) is 3.75. The summed E-state index contributed by atoms with van der Waals surface area (Å²) in [4.78, 5) is 10.7. The van der Waals surface area contributed by atoms with Gasteiger partial charge >= 0.3 is 0 Å². The molecule has 0 saturated heterocycles. The van der Waals surface area contributed by atoms with E-state index in [0.717, 1.165) is 0 Å². The van der Waals surface area contributed by atoms with Gasteiger partial charge in [0.1, 0.15) is 12.0 Å². The highest BCUT2D eigenvalue weighted by Gasteiger charge is 2.29. The number of ether oxygens (including phenoxy) is 1. The van der Waals surface area contributed by atoms with E-state index < -0.39 is 9.84 Å². The molecule has 84 valence electrons. The summed E-state index contributed by atoms with van der Waals surface area (Å²) in [6, 6.07) is 4.83. The molecule has 0 radical (unpaired) electrons. The van der Waals surface area contributed by atoms with Gasteiger partial charge in [0.05, 0.1) is 16.9 Å². The second-order valence-corrected chi connectivity index (χ2v) is 5.36. The van der Waals surface area contributed by atoms with Gasteiger partial charge in [0, 0.05) is 6.42 Å². The summed E-state index contributed by atoms with van der Waals surface area (Å²) in [5, 5.41) is 0. The van der Waals surface area contributed by atoms with Crippen LogP contribution in [0.15, 0.2) is 28.0 Å². The van der Waals surface area contributed by atoms with E-state index in [1.165, 1.54) is 19.3 Å². The normalized spacial score (nSPS) is 16.4. The Morgan fingerprint density at radius 1 is 1.38 bits per heavy atom. The average molecular weight is 238 g/mol. The molecule has 5 heteroatoms. The van der Waals surface area contributed by atoms with E-state index in [1.54, 1.807) is 12.1 Å². The highest BCUT2D eigenvalue weighted by molar-refractivity contribution is 7.95. The van der Waals surface area contributed by atoms with Gasteiger partial charge in [-0.3, -0.25) is 0 Å². The number of allylic oxidation sites excluding steroid dienone is 1. The Kier molecular flexibility index (Phi) is 2.55. The third kappa shape index (κ3) is 1.53. The molecule has 0 fully saturated rings. The van der Waals surface area contributed by atoms with Crippen molar-refractivity contribution < 1.29 is 17.9 Å². The van der Waals surface area contributed by atoms with Gasteiger partial charge in [0.15, 0.2) is 0 Å². The third-order valence-corrected chi connectivity index (χ3v) is 4.36. The number of methoxy groups -OCH3 is 1.